The molecule has 2 nitrogen and oxygen atoms in total. The summed E-state index contributed by atoms with van der Waals surface area (Å²) >= 11 is 3.57. The second-order valence-corrected chi connectivity index (χ2v) is 5.46. The van der Waals surface area contributed by atoms with Crippen molar-refractivity contribution in [3.63, 3.8) is 0 Å². The first-order chi connectivity index (χ1) is 7.86. The molecule has 0 saturated carbocycles. The molecule has 1 aromatic carbocycles. The van der Waals surface area contributed by atoms with Crippen molar-refractivity contribution in [1.29, 1.82) is 0 Å². The fraction of sp³-hybridized carbons (Fsp3) is 0.538. The predicted octanol–water partition coefficient (Wildman–Crippen LogP) is 3.07. The molecule has 0 amide bonds. The zero-order valence-electron chi connectivity index (χ0n) is 9.21. The molecule has 2 aliphatic heterocycles. The van der Waals surface area contributed by atoms with Crippen molar-refractivity contribution in [1.82, 2.24) is 5.32 Å². The summed E-state index contributed by atoms with van der Waals surface area (Å²) in [6.45, 7) is 2.02. The lowest BCUT2D eigenvalue weighted by Gasteiger charge is -2.30. The molecule has 1 aromatic rings. The van der Waals surface area contributed by atoms with E-state index >= 15 is 0 Å². The van der Waals surface area contributed by atoms with Crippen LogP contribution in [-0.4, -0.2) is 19.2 Å². The fourth-order valence-corrected chi connectivity index (χ4v) is 3.38. The van der Waals surface area contributed by atoms with Crippen molar-refractivity contribution in [3.8, 4) is 5.75 Å². The third-order valence-electron chi connectivity index (χ3n) is 3.66. The number of fused-ring (bicyclic) bond motifs is 1. The summed E-state index contributed by atoms with van der Waals surface area (Å²) in [7, 11) is 0. The molecular formula is C13H16BrNO. The number of para-hydroxylation sites is 1. The van der Waals surface area contributed by atoms with Crippen molar-refractivity contribution in [3.05, 3.63) is 28.2 Å². The molecule has 0 aromatic heterocycles. The van der Waals surface area contributed by atoms with Crippen LogP contribution in [0.4, 0.5) is 0 Å². The van der Waals surface area contributed by atoms with Gasteiger partial charge in [-0.3, -0.25) is 0 Å². The summed E-state index contributed by atoms with van der Waals surface area (Å²) in [5.74, 6) is 1.69. The highest BCUT2D eigenvalue weighted by atomic mass is 79.9. The molecule has 3 heteroatoms. The summed E-state index contributed by atoms with van der Waals surface area (Å²) in [5.41, 5.74) is 1.38. The molecule has 0 radical (unpaired) electrons. The van der Waals surface area contributed by atoms with E-state index in [2.05, 4.69) is 39.4 Å². The van der Waals surface area contributed by atoms with Gasteiger partial charge in [0, 0.05) is 17.5 Å². The Morgan fingerprint density at radius 2 is 2.25 bits per heavy atom. The lowest BCUT2D eigenvalue weighted by molar-refractivity contribution is 0.249. The maximum atomic E-state index is 5.77. The van der Waals surface area contributed by atoms with Gasteiger partial charge in [0.25, 0.3) is 0 Å². The fourth-order valence-electron chi connectivity index (χ4n) is 2.89. The monoisotopic (exact) mass is 281 g/mol. The zero-order valence-corrected chi connectivity index (χ0v) is 10.8. The number of ether oxygens (including phenoxy) is 1. The van der Waals surface area contributed by atoms with Crippen LogP contribution in [0.5, 0.6) is 5.75 Å². The Balaban J connectivity index is 1.96. The molecule has 2 unspecified atom stereocenters. The summed E-state index contributed by atoms with van der Waals surface area (Å²) in [6.07, 6.45) is 3.75. The minimum atomic E-state index is 0.628. The third kappa shape index (κ3) is 1.76. The van der Waals surface area contributed by atoms with E-state index in [1.165, 1.54) is 24.9 Å². The molecule has 1 saturated heterocycles. The molecule has 1 N–H and O–H groups in total. The predicted molar refractivity (Wildman–Crippen MR) is 68.0 cm³/mol. The van der Waals surface area contributed by atoms with Gasteiger partial charge in [-0.05, 0) is 47.8 Å². The van der Waals surface area contributed by atoms with E-state index in [4.69, 9.17) is 4.74 Å². The maximum absolute atomic E-state index is 5.77. The van der Waals surface area contributed by atoms with E-state index in [-0.39, 0.29) is 0 Å². The molecule has 2 atom stereocenters. The van der Waals surface area contributed by atoms with E-state index in [1.807, 2.05) is 0 Å². The van der Waals surface area contributed by atoms with Gasteiger partial charge in [-0.25, -0.2) is 0 Å². The Bertz CT molecular complexity index is 388. The average Bonchev–Trinajstić information content (AvgIpc) is 2.82. The number of hydrogen-bond acceptors (Lipinski definition) is 2. The minimum Gasteiger partial charge on any atom is -0.492 e. The van der Waals surface area contributed by atoms with Gasteiger partial charge in [0.1, 0.15) is 5.75 Å². The van der Waals surface area contributed by atoms with Crippen LogP contribution >= 0.6 is 15.9 Å². The minimum absolute atomic E-state index is 0.628. The van der Waals surface area contributed by atoms with Gasteiger partial charge in [0.2, 0.25) is 0 Å². The van der Waals surface area contributed by atoms with Crippen molar-refractivity contribution in [2.45, 2.75) is 31.2 Å². The van der Waals surface area contributed by atoms with Crippen molar-refractivity contribution in [2.24, 2.45) is 0 Å². The second-order valence-electron chi connectivity index (χ2n) is 4.60. The van der Waals surface area contributed by atoms with Crippen molar-refractivity contribution >= 4 is 15.9 Å². The smallest absolute Gasteiger partial charge is 0.136 e. The summed E-state index contributed by atoms with van der Waals surface area (Å²) < 4.78 is 6.86. The highest BCUT2D eigenvalue weighted by Gasteiger charge is 2.31. The van der Waals surface area contributed by atoms with Gasteiger partial charge in [0.05, 0.1) is 11.1 Å². The second kappa shape index (κ2) is 4.38. The highest BCUT2D eigenvalue weighted by molar-refractivity contribution is 9.10. The van der Waals surface area contributed by atoms with Gasteiger partial charge < -0.3 is 10.1 Å². The summed E-state index contributed by atoms with van der Waals surface area (Å²) in [6, 6.07) is 7.03. The first kappa shape index (κ1) is 10.6. The lowest BCUT2D eigenvalue weighted by Crippen LogP contribution is -2.32. The molecule has 0 spiro atoms. The number of halogens is 1. The zero-order chi connectivity index (χ0) is 11.0. The Morgan fingerprint density at radius 1 is 1.31 bits per heavy atom. The lowest BCUT2D eigenvalue weighted by atomic mass is 9.86. The molecule has 16 heavy (non-hydrogen) atoms. The topological polar surface area (TPSA) is 21.3 Å². The van der Waals surface area contributed by atoms with Gasteiger partial charge in [0.15, 0.2) is 0 Å². The Kier molecular flexibility index (Phi) is 2.90. The summed E-state index contributed by atoms with van der Waals surface area (Å²) in [5, 5.41) is 3.62. The normalized spacial score (nSPS) is 28.6. The van der Waals surface area contributed by atoms with E-state index in [0.717, 1.165) is 23.2 Å². The van der Waals surface area contributed by atoms with Crippen LogP contribution in [0.1, 0.15) is 30.7 Å². The number of benzene rings is 1. The van der Waals surface area contributed by atoms with E-state index in [0.29, 0.717) is 12.0 Å². The van der Waals surface area contributed by atoms with Crippen LogP contribution in [0, 0.1) is 0 Å². The first-order valence-electron chi connectivity index (χ1n) is 6.01. The standard InChI is InChI=1S/C13H16BrNO/c14-11-4-1-3-10-9(6-8-16-13(10)11)12-5-2-7-15-12/h1,3-4,9,12,15H,2,5-8H2. The quantitative estimate of drug-likeness (QED) is 0.854. The molecule has 0 aliphatic carbocycles. The van der Waals surface area contributed by atoms with Crippen LogP contribution in [0.3, 0.4) is 0 Å². The third-order valence-corrected chi connectivity index (χ3v) is 4.28. The maximum Gasteiger partial charge on any atom is 0.136 e. The van der Waals surface area contributed by atoms with Gasteiger partial charge in [-0.1, -0.05) is 12.1 Å². The number of rotatable bonds is 1. The molecule has 2 aliphatic rings. The van der Waals surface area contributed by atoms with Crippen LogP contribution in [-0.2, 0) is 0 Å². The Morgan fingerprint density at radius 3 is 3.06 bits per heavy atom. The van der Waals surface area contributed by atoms with Crippen LogP contribution in [0.15, 0.2) is 22.7 Å². The Labute approximate surface area is 105 Å². The van der Waals surface area contributed by atoms with Crippen molar-refractivity contribution in [2.75, 3.05) is 13.2 Å². The number of hydrogen-bond donors (Lipinski definition) is 1. The largest absolute Gasteiger partial charge is 0.492 e. The van der Waals surface area contributed by atoms with E-state index < -0.39 is 0 Å². The van der Waals surface area contributed by atoms with Gasteiger partial charge in [-0.2, -0.15) is 0 Å². The van der Waals surface area contributed by atoms with Gasteiger partial charge in [-0.15, -0.1) is 0 Å². The molecule has 86 valence electrons. The molecule has 2 heterocycles. The molecule has 0 bridgehead atoms. The Hall–Kier alpha value is -0.540. The van der Waals surface area contributed by atoms with Gasteiger partial charge >= 0.3 is 0 Å². The van der Waals surface area contributed by atoms with Crippen LogP contribution in [0.2, 0.25) is 0 Å². The molecule has 1 fully saturated rings. The van der Waals surface area contributed by atoms with Crippen molar-refractivity contribution < 1.29 is 4.74 Å². The van der Waals surface area contributed by atoms with Crippen LogP contribution < -0.4 is 10.1 Å². The molecular weight excluding hydrogens is 266 g/mol. The molecule has 3 rings (SSSR count). The van der Waals surface area contributed by atoms with Crippen LogP contribution in [0.25, 0.3) is 0 Å². The number of nitrogens with one attached hydrogen (secondary N) is 1. The SMILES string of the molecule is Brc1cccc2c1OCCC2C1CCCN1. The average molecular weight is 282 g/mol. The summed E-state index contributed by atoms with van der Waals surface area (Å²) in [4.78, 5) is 0. The van der Waals surface area contributed by atoms with E-state index in [9.17, 15) is 0 Å². The van der Waals surface area contributed by atoms with E-state index in [1.54, 1.807) is 0 Å². The first-order valence-corrected chi connectivity index (χ1v) is 6.80. The highest BCUT2D eigenvalue weighted by Crippen LogP contribution is 2.41.